The normalized spacial score (nSPS) is 24.2. The molecule has 1 unspecified atom stereocenters. The molecule has 1 aliphatic heterocycles. The molecule has 16 heavy (non-hydrogen) atoms. The van der Waals surface area contributed by atoms with Crippen molar-refractivity contribution >= 4 is 33.0 Å². The van der Waals surface area contributed by atoms with Gasteiger partial charge in [0.25, 0.3) is 0 Å². The maximum Gasteiger partial charge on any atom is 0.170 e. The van der Waals surface area contributed by atoms with E-state index in [-0.39, 0.29) is 15.9 Å². The first kappa shape index (κ1) is 12.1. The molecule has 1 fully saturated rings. The quantitative estimate of drug-likeness (QED) is 0.793. The standard InChI is InChI=1S/C9H10Cl2N2O2S/c10-6-5-7(12-13-9(6)11)8-3-1-2-4-16(8,14)15/h5,8H,1-4H2. The molecule has 1 aliphatic rings. The number of aromatic nitrogens is 2. The van der Waals surface area contributed by atoms with Gasteiger partial charge in [0.1, 0.15) is 5.25 Å². The molecule has 2 rings (SSSR count). The fraction of sp³-hybridized carbons (Fsp3) is 0.556. The monoisotopic (exact) mass is 280 g/mol. The Morgan fingerprint density at radius 1 is 1.25 bits per heavy atom. The van der Waals surface area contributed by atoms with E-state index in [1.807, 2.05) is 0 Å². The van der Waals surface area contributed by atoms with E-state index in [1.165, 1.54) is 6.07 Å². The molecule has 1 saturated heterocycles. The van der Waals surface area contributed by atoms with Crippen LogP contribution in [0.4, 0.5) is 0 Å². The number of hydrogen-bond acceptors (Lipinski definition) is 4. The Hall–Kier alpha value is -0.390. The number of nitrogens with zero attached hydrogens (tertiary/aromatic N) is 2. The van der Waals surface area contributed by atoms with Crippen molar-refractivity contribution in [3.05, 3.63) is 21.9 Å². The van der Waals surface area contributed by atoms with Crippen molar-refractivity contribution in [1.82, 2.24) is 10.2 Å². The summed E-state index contributed by atoms with van der Waals surface area (Å²) >= 11 is 11.4. The Bertz CT molecular complexity index is 504. The topological polar surface area (TPSA) is 59.9 Å². The molecule has 0 saturated carbocycles. The molecule has 0 spiro atoms. The number of sulfone groups is 1. The van der Waals surface area contributed by atoms with Gasteiger partial charge in [-0.2, -0.15) is 5.10 Å². The van der Waals surface area contributed by atoms with Crippen LogP contribution in [0.15, 0.2) is 6.07 Å². The van der Waals surface area contributed by atoms with Crippen molar-refractivity contribution in [2.45, 2.75) is 24.5 Å². The molecule has 0 N–H and O–H groups in total. The predicted octanol–water partition coefficient (Wildman–Crippen LogP) is 2.42. The molecule has 1 aromatic rings. The van der Waals surface area contributed by atoms with E-state index in [1.54, 1.807) is 0 Å². The van der Waals surface area contributed by atoms with Gasteiger partial charge in [-0.05, 0) is 18.9 Å². The third kappa shape index (κ3) is 2.31. The molecule has 4 nitrogen and oxygen atoms in total. The second-order valence-electron chi connectivity index (χ2n) is 3.76. The van der Waals surface area contributed by atoms with Crippen molar-refractivity contribution in [1.29, 1.82) is 0 Å². The molecule has 0 aliphatic carbocycles. The lowest BCUT2D eigenvalue weighted by Gasteiger charge is -2.21. The van der Waals surface area contributed by atoms with Crippen LogP contribution in [0.25, 0.3) is 0 Å². The number of hydrogen-bond donors (Lipinski definition) is 0. The average Bonchev–Trinajstić information content (AvgIpc) is 2.22. The lowest BCUT2D eigenvalue weighted by atomic mass is 10.1. The van der Waals surface area contributed by atoms with Crippen LogP contribution in [0, 0.1) is 0 Å². The number of rotatable bonds is 1. The van der Waals surface area contributed by atoms with Crippen molar-refractivity contribution < 1.29 is 8.42 Å². The van der Waals surface area contributed by atoms with Crippen LogP contribution in [0.1, 0.15) is 30.2 Å². The highest BCUT2D eigenvalue weighted by molar-refractivity contribution is 7.91. The van der Waals surface area contributed by atoms with Crippen LogP contribution in [0.3, 0.4) is 0 Å². The second-order valence-corrected chi connectivity index (χ2v) is 6.83. The Morgan fingerprint density at radius 2 is 2.00 bits per heavy atom. The fourth-order valence-electron chi connectivity index (χ4n) is 1.81. The van der Waals surface area contributed by atoms with Crippen molar-refractivity contribution in [2.24, 2.45) is 0 Å². The minimum atomic E-state index is -3.11. The molecule has 2 heterocycles. The molecular weight excluding hydrogens is 271 g/mol. The zero-order valence-corrected chi connectivity index (χ0v) is 10.7. The summed E-state index contributed by atoms with van der Waals surface area (Å²) in [6.07, 6.45) is 2.17. The van der Waals surface area contributed by atoms with E-state index in [2.05, 4.69) is 10.2 Å². The zero-order chi connectivity index (χ0) is 11.8. The molecule has 7 heteroatoms. The predicted molar refractivity (Wildman–Crippen MR) is 62.4 cm³/mol. The molecule has 0 amide bonds. The van der Waals surface area contributed by atoms with Crippen molar-refractivity contribution in [3.63, 3.8) is 0 Å². The summed E-state index contributed by atoms with van der Waals surface area (Å²) in [5.74, 6) is 0.208. The Morgan fingerprint density at radius 3 is 2.62 bits per heavy atom. The van der Waals surface area contributed by atoms with Crippen molar-refractivity contribution in [2.75, 3.05) is 5.75 Å². The SMILES string of the molecule is O=S1(=O)CCCCC1c1cc(Cl)c(Cl)nn1. The molecular formula is C9H10Cl2N2O2S. The Kier molecular flexibility index (Phi) is 3.37. The summed E-state index contributed by atoms with van der Waals surface area (Å²) < 4.78 is 23.7. The molecule has 0 bridgehead atoms. The third-order valence-electron chi connectivity index (χ3n) is 2.63. The first-order chi connectivity index (χ1) is 7.50. The van der Waals surface area contributed by atoms with Gasteiger partial charge in [0.05, 0.1) is 16.5 Å². The van der Waals surface area contributed by atoms with Crippen molar-refractivity contribution in [3.8, 4) is 0 Å². The lowest BCUT2D eigenvalue weighted by Crippen LogP contribution is -2.22. The highest BCUT2D eigenvalue weighted by Crippen LogP contribution is 2.33. The summed E-state index contributed by atoms with van der Waals surface area (Å²) in [5, 5.41) is 7.21. The van der Waals surface area contributed by atoms with Gasteiger partial charge in [0.2, 0.25) is 0 Å². The smallest absolute Gasteiger partial charge is 0.170 e. The molecule has 1 aromatic heterocycles. The largest absolute Gasteiger partial charge is 0.228 e. The summed E-state index contributed by atoms with van der Waals surface area (Å²) in [7, 11) is -3.11. The van der Waals surface area contributed by atoms with Crippen LogP contribution in [-0.2, 0) is 9.84 Å². The molecule has 0 radical (unpaired) electrons. The van der Waals surface area contributed by atoms with Crippen LogP contribution in [0.5, 0.6) is 0 Å². The van der Waals surface area contributed by atoms with E-state index < -0.39 is 15.1 Å². The molecule has 0 aromatic carbocycles. The van der Waals surface area contributed by atoms with Crippen LogP contribution >= 0.6 is 23.2 Å². The maximum absolute atomic E-state index is 11.8. The lowest BCUT2D eigenvalue weighted by molar-refractivity contribution is 0.541. The van der Waals surface area contributed by atoms with Gasteiger partial charge < -0.3 is 0 Å². The van der Waals surface area contributed by atoms with Gasteiger partial charge in [-0.15, -0.1) is 5.10 Å². The van der Waals surface area contributed by atoms with E-state index >= 15 is 0 Å². The first-order valence-corrected chi connectivity index (χ1v) is 7.38. The summed E-state index contributed by atoms with van der Waals surface area (Å²) in [5.41, 5.74) is 0.397. The van der Waals surface area contributed by atoms with Gasteiger partial charge in [0, 0.05) is 0 Å². The van der Waals surface area contributed by atoms with Gasteiger partial charge in [-0.25, -0.2) is 8.42 Å². The first-order valence-electron chi connectivity index (χ1n) is 4.91. The van der Waals surface area contributed by atoms with Crippen LogP contribution < -0.4 is 0 Å². The summed E-state index contributed by atoms with van der Waals surface area (Å²) in [4.78, 5) is 0. The third-order valence-corrected chi connectivity index (χ3v) is 5.50. The average molecular weight is 281 g/mol. The fourth-order valence-corrected chi connectivity index (χ4v) is 3.95. The Labute approximate surface area is 104 Å². The molecule has 1 atom stereocenters. The van der Waals surface area contributed by atoms with Gasteiger partial charge in [-0.1, -0.05) is 29.6 Å². The minimum Gasteiger partial charge on any atom is -0.228 e. The van der Waals surface area contributed by atoms with Gasteiger partial charge in [0.15, 0.2) is 15.0 Å². The minimum absolute atomic E-state index is 0.0959. The maximum atomic E-state index is 11.8. The van der Waals surface area contributed by atoms with E-state index in [0.717, 1.165) is 6.42 Å². The summed E-state index contributed by atoms with van der Waals surface area (Å²) in [6.45, 7) is 0. The number of halogens is 2. The summed E-state index contributed by atoms with van der Waals surface area (Å²) in [6, 6.07) is 1.49. The van der Waals surface area contributed by atoms with E-state index in [4.69, 9.17) is 23.2 Å². The second kappa shape index (κ2) is 4.47. The molecule has 88 valence electrons. The van der Waals surface area contributed by atoms with Gasteiger partial charge in [-0.3, -0.25) is 0 Å². The van der Waals surface area contributed by atoms with Crippen LogP contribution in [-0.4, -0.2) is 24.4 Å². The van der Waals surface area contributed by atoms with E-state index in [9.17, 15) is 8.42 Å². The highest BCUT2D eigenvalue weighted by Gasteiger charge is 2.31. The zero-order valence-electron chi connectivity index (χ0n) is 8.36. The Balaban J connectivity index is 2.39. The van der Waals surface area contributed by atoms with Crippen LogP contribution in [0.2, 0.25) is 10.2 Å². The highest BCUT2D eigenvalue weighted by atomic mass is 35.5. The van der Waals surface area contributed by atoms with Gasteiger partial charge >= 0.3 is 0 Å². The van der Waals surface area contributed by atoms with E-state index in [0.29, 0.717) is 18.5 Å².